The molecule has 1 aromatic rings. The molecule has 1 unspecified atom stereocenters. The maximum atomic E-state index is 8.87. The van der Waals surface area contributed by atoms with Gasteiger partial charge in [-0.05, 0) is 12.8 Å². The first kappa shape index (κ1) is 9.29. The van der Waals surface area contributed by atoms with Crippen LogP contribution < -0.4 is 11.5 Å². The van der Waals surface area contributed by atoms with Crippen LogP contribution in [0.5, 0.6) is 0 Å². The number of aromatic nitrogens is 2. The van der Waals surface area contributed by atoms with E-state index in [9.17, 15) is 0 Å². The van der Waals surface area contributed by atoms with Crippen molar-refractivity contribution in [1.82, 2.24) is 9.97 Å². The third kappa shape index (κ3) is 2.97. The average Bonchev–Trinajstić information content (AvgIpc) is 1.99. The Kier molecular flexibility index (Phi) is 2.67. The van der Waals surface area contributed by atoms with Crippen LogP contribution in [0.2, 0.25) is 0 Å². The van der Waals surface area contributed by atoms with Gasteiger partial charge in [0.15, 0.2) is 0 Å². The smallest absolute Gasteiger partial charge is 0.223 e. The summed E-state index contributed by atoms with van der Waals surface area (Å²) in [5.74, 6) is 5.48. The minimum absolute atomic E-state index is 0.0786. The maximum Gasteiger partial charge on any atom is 0.223 e. The summed E-state index contributed by atoms with van der Waals surface area (Å²) in [6, 6.07) is 1.49. The van der Waals surface area contributed by atoms with Gasteiger partial charge in [0.2, 0.25) is 5.95 Å². The number of aliphatic hydroxyl groups excluding tert-OH is 1. The van der Waals surface area contributed by atoms with Gasteiger partial charge < -0.3 is 16.6 Å². The number of anilines is 2. The van der Waals surface area contributed by atoms with Crippen molar-refractivity contribution >= 4 is 11.8 Å². The van der Waals surface area contributed by atoms with E-state index in [2.05, 4.69) is 21.8 Å². The van der Waals surface area contributed by atoms with Crippen molar-refractivity contribution in [3.05, 3.63) is 11.8 Å². The van der Waals surface area contributed by atoms with Crippen LogP contribution in [-0.2, 0) is 0 Å². The molecule has 5 heteroatoms. The number of hydrogen-bond acceptors (Lipinski definition) is 5. The normalized spacial score (nSPS) is 11.5. The van der Waals surface area contributed by atoms with E-state index in [0.29, 0.717) is 5.69 Å². The highest BCUT2D eigenvalue weighted by atomic mass is 16.3. The van der Waals surface area contributed by atoms with Crippen LogP contribution in [0, 0.1) is 11.8 Å². The fraction of sp³-hybridized carbons (Fsp3) is 0.250. The minimum atomic E-state index is -0.697. The molecule has 0 radical (unpaired) electrons. The third-order valence-corrected chi connectivity index (χ3v) is 1.17. The summed E-state index contributed by atoms with van der Waals surface area (Å²) >= 11 is 0. The van der Waals surface area contributed by atoms with Crippen LogP contribution in [0.4, 0.5) is 11.8 Å². The molecule has 0 spiro atoms. The Bertz CT molecular complexity index is 344. The summed E-state index contributed by atoms with van der Waals surface area (Å²) < 4.78 is 0. The lowest BCUT2D eigenvalue weighted by Gasteiger charge is -1.95. The highest BCUT2D eigenvalue weighted by molar-refractivity contribution is 5.42. The highest BCUT2D eigenvalue weighted by Crippen LogP contribution is 2.02. The summed E-state index contributed by atoms with van der Waals surface area (Å²) in [5, 5.41) is 8.87. The molecule has 0 aliphatic rings. The molecule has 0 aromatic carbocycles. The monoisotopic (exact) mass is 178 g/mol. The van der Waals surface area contributed by atoms with Gasteiger partial charge in [-0.2, -0.15) is 4.98 Å². The van der Waals surface area contributed by atoms with Crippen LogP contribution >= 0.6 is 0 Å². The van der Waals surface area contributed by atoms with Crippen molar-refractivity contribution in [1.29, 1.82) is 0 Å². The standard InChI is InChI=1S/C8H10N4O/c1-5(13)2-3-6-4-7(9)12-8(10)11-6/h4-5,13H,1H3,(H4,9,10,11,12). The second kappa shape index (κ2) is 3.74. The Hall–Kier alpha value is -1.80. The topological polar surface area (TPSA) is 98.0 Å². The average molecular weight is 178 g/mol. The molecule has 0 bridgehead atoms. The van der Waals surface area contributed by atoms with Crippen LogP contribution in [0.25, 0.3) is 0 Å². The van der Waals surface area contributed by atoms with Crippen molar-refractivity contribution in [2.45, 2.75) is 13.0 Å². The predicted molar refractivity (Wildman–Crippen MR) is 49.4 cm³/mol. The zero-order valence-electron chi connectivity index (χ0n) is 7.15. The van der Waals surface area contributed by atoms with Gasteiger partial charge in [0.25, 0.3) is 0 Å². The third-order valence-electron chi connectivity index (χ3n) is 1.17. The summed E-state index contributed by atoms with van der Waals surface area (Å²) in [5.41, 5.74) is 11.1. The van der Waals surface area contributed by atoms with E-state index in [1.165, 1.54) is 6.07 Å². The van der Waals surface area contributed by atoms with Gasteiger partial charge in [0, 0.05) is 6.07 Å². The first-order valence-corrected chi connectivity index (χ1v) is 3.67. The van der Waals surface area contributed by atoms with Crippen molar-refractivity contribution in [3.8, 4) is 11.8 Å². The van der Waals surface area contributed by atoms with Gasteiger partial charge in [-0.25, -0.2) is 4.98 Å². The first-order valence-electron chi connectivity index (χ1n) is 3.67. The summed E-state index contributed by atoms with van der Waals surface area (Å²) in [6.07, 6.45) is -0.697. The Morgan fingerprint density at radius 1 is 1.46 bits per heavy atom. The van der Waals surface area contributed by atoms with Crippen molar-refractivity contribution < 1.29 is 5.11 Å². The van der Waals surface area contributed by atoms with Crippen LogP contribution in [-0.4, -0.2) is 21.2 Å². The molecule has 1 aromatic heterocycles. The lowest BCUT2D eigenvalue weighted by Crippen LogP contribution is -2.01. The van der Waals surface area contributed by atoms with Gasteiger partial charge >= 0.3 is 0 Å². The number of nitrogen functional groups attached to an aromatic ring is 2. The molecular formula is C8H10N4O. The lowest BCUT2D eigenvalue weighted by molar-refractivity contribution is 0.253. The molecule has 1 heterocycles. The van der Waals surface area contributed by atoms with E-state index in [-0.39, 0.29) is 11.8 Å². The molecule has 5 N–H and O–H groups in total. The van der Waals surface area contributed by atoms with E-state index in [1.807, 2.05) is 0 Å². The zero-order valence-corrected chi connectivity index (χ0v) is 7.15. The van der Waals surface area contributed by atoms with E-state index < -0.39 is 6.10 Å². The van der Waals surface area contributed by atoms with Gasteiger partial charge in [-0.1, -0.05) is 5.92 Å². The fourth-order valence-corrected chi connectivity index (χ4v) is 0.728. The maximum absolute atomic E-state index is 8.87. The molecule has 68 valence electrons. The SMILES string of the molecule is CC(O)C#Cc1cc(N)nc(N)n1. The molecule has 1 atom stereocenters. The van der Waals surface area contributed by atoms with Crippen LogP contribution in [0.15, 0.2) is 6.07 Å². The molecule has 0 aliphatic carbocycles. The minimum Gasteiger partial charge on any atom is -0.383 e. The summed E-state index contributed by atoms with van der Waals surface area (Å²) in [7, 11) is 0. The van der Waals surface area contributed by atoms with Gasteiger partial charge in [-0.3, -0.25) is 0 Å². The highest BCUT2D eigenvalue weighted by Gasteiger charge is 1.95. The molecule has 0 saturated carbocycles. The van der Waals surface area contributed by atoms with Gasteiger partial charge in [0.1, 0.15) is 17.6 Å². The van der Waals surface area contributed by atoms with Crippen LogP contribution in [0.1, 0.15) is 12.6 Å². The second-order valence-electron chi connectivity index (χ2n) is 2.48. The Balaban J connectivity index is 2.98. The van der Waals surface area contributed by atoms with Crippen LogP contribution in [0.3, 0.4) is 0 Å². The molecule has 1 rings (SSSR count). The second-order valence-corrected chi connectivity index (χ2v) is 2.48. The molecular weight excluding hydrogens is 168 g/mol. The van der Waals surface area contributed by atoms with Crippen molar-refractivity contribution in [2.24, 2.45) is 0 Å². The lowest BCUT2D eigenvalue weighted by atomic mass is 10.3. The van der Waals surface area contributed by atoms with E-state index in [1.54, 1.807) is 6.92 Å². The Morgan fingerprint density at radius 2 is 2.15 bits per heavy atom. The van der Waals surface area contributed by atoms with Crippen molar-refractivity contribution in [3.63, 3.8) is 0 Å². The molecule has 0 saturated heterocycles. The molecule has 0 aliphatic heterocycles. The molecule has 0 amide bonds. The van der Waals surface area contributed by atoms with E-state index in [4.69, 9.17) is 16.6 Å². The van der Waals surface area contributed by atoms with E-state index >= 15 is 0 Å². The van der Waals surface area contributed by atoms with E-state index in [0.717, 1.165) is 0 Å². The zero-order chi connectivity index (χ0) is 9.84. The Morgan fingerprint density at radius 3 is 2.69 bits per heavy atom. The summed E-state index contributed by atoms with van der Waals surface area (Å²) in [6.45, 7) is 1.56. The first-order chi connectivity index (χ1) is 6.08. The molecule has 5 nitrogen and oxygen atoms in total. The number of rotatable bonds is 0. The number of aliphatic hydroxyl groups is 1. The van der Waals surface area contributed by atoms with Gasteiger partial charge in [0.05, 0.1) is 0 Å². The molecule has 13 heavy (non-hydrogen) atoms. The number of nitrogens with two attached hydrogens (primary N) is 2. The van der Waals surface area contributed by atoms with Gasteiger partial charge in [-0.15, -0.1) is 0 Å². The number of nitrogens with zero attached hydrogens (tertiary/aromatic N) is 2. The number of hydrogen-bond donors (Lipinski definition) is 3. The quantitative estimate of drug-likeness (QED) is 0.459. The molecule has 0 fully saturated rings. The summed E-state index contributed by atoms with van der Waals surface area (Å²) in [4.78, 5) is 7.48. The van der Waals surface area contributed by atoms with Crippen molar-refractivity contribution in [2.75, 3.05) is 11.5 Å². The fourth-order valence-electron chi connectivity index (χ4n) is 0.728. The Labute approximate surface area is 75.8 Å². The predicted octanol–water partition coefficient (Wildman–Crippen LogP) is -0.627. The largest absolute Gasteiger partial charge is 0.383 e.